The van der Waals surface area contributed by atoms with Crippen molar-refractivity contribution >= 4 is 38.2 Å². The fourth-order valence-electron chi connectivity index (χ4n) is 3.78. The second-order valence-electron chi connectivity index (χ2n) is 7.67. The Balaban J connectivity index is 1.77. The molecule has 0 radical (unpaired) electrons. The Labute approximate surface area is 180 Å². The second-order valence-corrected chi connectivity index (χ2v) is 10.5. The van der Waals surface area contributed by atoms with Gasteiger partial charge in [0.05, 0.1) is 30.0 Å². The minimum atomic E-state index is -3.29. The summed E-state index contributed by atoms with van der Waals surface area (Å²) in [6, 6.07) is 6.55. The first-order valence-corrected chi connectivity index (χ1v) is 12.7. The van der Waals surface area contributed by atoms with Crippen molar-refractivity contribution in [2.24, 2.45) is 5.92 Å². The van der Waals surface area contributed by atoms with Crippen molar-refractivity contribution in [3.8, 4) is 0 Å². The quantitative estimate of drug-likeness (QED) is 0.617. The molecule has 2 aromatic rings. The Morgan fingerprint density at radius 2 is 1.90 bits per heavy atom. The van der Waals surface area contributed by atoms with Crippen molar-refractivity contribution in [2.75, 3.05) is 18.7 Å². The van der Waals surface area contributed by atoms with Gasteiger partial charge in [-0.2, -0.15) is 0 Å². The summed E-state index contributed by atoms with van der Waals surface area (Å²) >= 11 is 1.26. The maximum Gasteiger partial charge on any atom is 0.311 e. The van der Waals surface area contributed by atoms with E-state index < -0.39 is 15.8 Å². The number of thiazole rings is 1. The average Bonchev–Trinajstić information content (AvgIpc) is 3.37. The summed E-state index contributed by atoms with van der Waals surface area (Å²) in [4.78, 5) is 29.1. The molecule has 0 aliphatic heterocycles. The fraction of sp³-hybridized carbons (Fsp3) is 0.476. The van der Waals surface area contributed by atoms with Crippen LogP contribution in [0, 0.1) is 5.92 Å². The van der Waals surface area contributed by atoms with Gasteiger partial charge in [-0.25, -0.2) is 13.4 Å². The van der Waals surface area contributed by atoms with Crippen LogP contribution >= 0.6 is 11.3 Å². The molecular formula is C21H26N2O5S2. The van der Waals surface area contributed by atoms with Crippen LogP contribution in [0.3, 0.4) is 0 Å². The molecule has 3 rings (SSSR count). The molecule has 1 unspecified atom stereocenters. The second kappa shape index (κ2) is 9.70. The van der Waals surface area contributed by atoms with E-state index in [1.165, 1.54) is 37.5 Å². The highest BCUT2D eigenvalue weighted by Crippen LogP contribution is 2.35. The molecule has 1 aromatic heterocycles. The number of aromatic nitrogens is 1. The van der Waals surface area contributed by atoms with Gasteiger partial charge in [-0.3, -0.25) is 9.59 Å². The molecule has 0 bridgehead atoms. The number of ether oxygens (including phenoxy) is 1. The highest BCUT2D eigenvalue weighted by molar-refractivity contribution is 7.90. The number of amides is 1. The van der Waals surface area contributed by atoms with E-state index in [9.17, 15) is 18.0 Å². The number of carbonyl (C=O) groups excluding carboxylic acids is 2. The molecule has 1 saturated carbocycles. The van der Waals surface area contributed by atoms with Gasteiger partial charge in [-0.05, 0) is 30.0 Å². The molecular weight excluding hydrogens is 424 g/mol. The largest absolute Gasteiger partial charge is 0.469 e. The van der Waals surface area contributed by atoms with Crippen LogP contribution in [0.1, 0.15) is 49.3 Å². The highest BCUT2D eigenvalue weighted by atomic mass is 32.2. The smallest absolute Gasteiger partial charge is 0.311 e. The third-order valence-corrected chi connectivity index (χ3v) is 7.34. The van der Waals surface area contributed by atoms with Gasteiger partial charge < -0.3 is 10.1 Å². The number of anilines is 1. The molecule has 1 heterocycles. The summed E-state index contributed by atoms with van der Waals surface area (Å²) in [7, 11) is -1.97. The maximum absolute atomic E-state index is 13.1. The lowest BCUT2D eigenvalue weighted by molar-refractivity contribution is -0.139. The van der Waals surface area contributed by atoms with Crippen molar-refractivity contribution in [3.05, 3.63) is 40.9 Å². The van der Waals surface area contributed by atoms with Gasteiger partial charge in [0.2, 0.25) is 5.91 Å². The van der Waals surface area contributed by atoms with Crippen LogP contribution in [0.2, 0.25) is 0 Å². The van der Waals surface area contributed by atoms with Gasteiger partial charge in [0.15, 0.2) is 15.0 Å². The fourth-order valence-corrected chi connectivity index (χ4v) is 5.12. The van der Waals surface area contributed by atoms with E-state index in [-0.39, 0.29) is 23.2 Å². The lowest BCUT2D eigenvalue weighted by Crippen LogP contribution is -2.23. The number of sulfone groups is 1. The zero-order valence-corrected chi connectivity index (χ0v) is 18.7. The zero-order valence-electron chi connectivity index (χ0n) is 17.1. The summed E-state index contributed by atoms with van der Waals surface area (Å²) in [6.07, 6.45) is 6.49. The molecule has 162 valence electrons. The van der Waals surface area contributed by atoms with E-state index >= 15 is 0 Å². The monoisotopic (exact) mass is 450 g/mol. The number of methoxy groups -OCH3 is 1. The number of hydrogen-bond acceptors (Lipinski definition) is 7. The maximum atomic E-state index is 13.1. The predicted octanol–water partition coefficient (Wildman–Crippen LogP) is 3.56. The molecule has 1 aliphatic rings. The molecule has 0 spiro atoms. The number of nitrogens with one attached hydrogen (secondary N) is 1. The predicted molar refractivity (Wildman–Crippen MR) is 115 cm³/mol. The molecule has 1 aliphatic carbocycles. The van der Waals surface area contributed by atoms with Crippen LogP contribution in [-0.4, -0.2) is 38.6 Å². The Morgan fingerprint density at radius 1 is 1.23 bits per heavy atom. The van der Waals surface area contributed by atoms with Gasteiger partial charge >= 0.3 is 5.97 Å². The molecule has 7 nitrogen and oxygen atoms in total. The summed E-state index contributed by atoms with van der Waals surface area (Å²) in [5.74, 6) is -0.479. The third-order valence-electron chi connectivity index (χ3n) is 5.41. The zero-order chi connectivity index (χ0) is 21.7. The Morgan fingerprint density at radius 3 is 2.50 bits per heavy atom. The van der Waals surface area contributed by atoms with Crippen molar-refractivity contribution in [2.45, 2.75) is 49.3 Å². The number of carbonyl (C=O) groups is 2. The molecule has 1 atom stereocenters. The van der Waals surface area contributed by atoms with E-state index in [0.717, 1.165) is 18.4 Å². The molecule has 1 aromatic carbocycles. The van der Waals surface area contributed by atoms with E-state index in [4.69, 9.17) is 0 Å². The number of nitrogens with zero attached hydrogens (tertiary/aromatic N) is 1. The topological polar surface area (TPSA) is 102 Å². The van der Waals surface area contributed by atoms with Gasteiger partial charge in [-0.1, -0.05) is 37.8 Å². The number of rotatable bonds is 8. The SMILES string of the molecule is COC(=O)Cc1csc(NC(=O)C(CC2CCCC2)c2ccc(S(C)(=O)=O)cc2)n1. The van der Waals surface area contributed by atoms with E-state index in [2.05, 4.69) is 15.0 Å². The first kappa shape index (κ1) is 22.4. The Kier molecular flexibility index (Phi) is 7.25. The molecule has 1 fully saturated rings. The standard InChI is InChI=1S/C21H26N2O5S2/c1-28-19(24)12-16-13-29-21(22-16)23-20(25)18(11-14-5-3-4-6-14)15-7-9-17(10-8-15)30(2,26)27/h7-10,13-14,18H,3-6,11-12H2,1-2H3,(H,22,23,25). The van der Waals surface area contributed by atoms with Gasteiger partial charge in [0.1, 0.15) is 0 Å². The summed E-state index contributed by atoms with van der Waals surface area (Å²) in [6.45, 7) is 0. The van der Waals surface area contributed by atoms with E-state index in [1.807, 2.05) is 0 Å². The Bertz CT molecular complexity index is 993. The Hall–Kier alpha value is -2.26. The normalized spacial score (nSPS) is 15.7. The first-order valence-electron chi connectivity index (χ1n) is 9.88. The van der Waals surface area contributed by atoms with Gasteiger partial charge in [-0.15, -0.1) is 11.3 Å². The molecule has 1 N–H and O–H groups in total. The van der Waals surface area contributed by atoms with E-state index in [0.29, 0.717) is 23.2 Å². The minimum absolute atomic E-state index is 0.0569. The summed E-state index contributed by atoms with van der Waals surface area (Å²) in [5.41, 5.74) is 1.34. The van der Waals surface area contributed by atoms with Crippen LogP contribution in [0.5, 0.6) is 0 Å². The lowest BCUT2D eigenvalue weighted by Gasteiger charge is -2.20. The number of benzene rings is 1. The van der Waals surface area contributed by atoms with Crippen LogP contribution in [0.25, 0.3) is 0 Å². The lowest BCUT2D eigenvalue weighted by atomic mass is 9.87. The first-order chi connectivity index (χ1) is 14.3. The van der Waals surface area contributed by atoms with Crippen molar-refractivity contribution < 1.29 is 22.7 Å². The van der Waals surface area contributed by atoms with Gasteiger partial charge in [0.25, 0.3) is 0 Å². The summed E-state index contributed by atoms with van der Waals surface area (Å²) < 4.78 is 28.1. The molecule has 9 heteroatoms. The van der Waals surface area contributed by atoms with Crippen LogP contribution < -0.4 is 5.32 Å². The highest BCUT2D eigenvalue weighted by Gasteiger charge is 2.27. The van der Waals surface area contributed by atoms with Crippen molar-refractivity contribution in [3.63, 3.8) is 0 Å². The van der Waals surface area contributed by atoms with Gasteiger partial charge in [0, 0.05) is 11.6 Å². The number of hydrogen-bond donors (Lipinski definition) is 1. The van der Waals surface area contributed by atoms with Crippen LogP contribution in [-0.2, 0) is 30.6 Å². The summed E-state index contributed by atoms with van der Waals surface area (Å²) in [5, 5.41) is 5.02. The molecule has 0 saturated heterocycles. The van der Waals surface area contributed by atoms with Crippen molar-refractivity contribution in [1.82, 2.24) is 4.98 Å². The van der Waals surface area contributed by atoms with E-state index in [1.54, 1.807) is 29.6 Å². The minimum Gasteiger partial charge on any atom is -0.469 e. The number of esters is 1. The average molecular weight is 451 g/mol. The molecule has 30 heavy (non-hydrogen) atoms. The third kappa shape index (κ3) is 5.89. The van der Waals surface area contributed by atoms with Crippen LogP contribution in [0.4, 0.5) is 5.13 Å². The molecule has 1 amide bonds. The van der Waals surface area contributed by atoms with Crippen LogP contribution in [0.15, 0.2) is 34.5 Å². The van der Waals surface area contributed by atoms with Crippen molar-refractivity contribution in [1.29, 1.82) is 0 Å².